The van der Waals surface area contributed by atoms with Crippen molar-refractivity contribution in [3.8, 4) is 0 Å². The van der Waals surface area contributed by atoms with Crippen LogP contribution in [0.25, 0.3) is 0 Å². The van der Waals surface area contributed by atoms with Crippen LogP contribution in [0.2, 0.25) is 0 Å². The molecule has 1 fully saturated rings. The highest BCUT2D eigenvalue weighted by Gasteiger charge is 2.29. The first-order chi connectivity index (χ1) is 10.7. The molecule has 0 aromatic carbocycles. The number of halogens is 1. The number of ether oxygens (including phenoxy) is 2. The third-order valence-corrected chi connectivity index (χ3v) is 3.18. The molecule has 1 heterocycles. The Balaban J connectivity index is 2.68. The van der Waals surface area contributed by atoms with Gasteiger partial charge < -0.3 is 25.0 Å². The number of rotatable bonds is 5. The van der Waals surface area contributed by atoms with Crippen LogP contribution in [0.5, 0.6) is 0 Å². The van der Waals surface area contributed by atoms with Gasteiger partial charge in [-0.25, -0.2) is 4.79 Å². The average Bonchev–Trinajstić information content (AvgIpc) is 2.49. The Morgan fingerprint density at radius 3 is 2.39 bits per heavy atom. The third-order valence-electron chi connectivity index (χ3n) is 2.94. The topological polar surface area (TPSA) is 97.0 Å². The molecule has 0 radical (unpaired) electrons. The minimum atomic E-state index is -0.921. The van der Waals surface area contributed by atoms with Crippen molar-refractivity contribution in [3.05, 3.63) is 0 Å². The van der Waals surface area contributed by atoms with Gasteiger partial charge in [-0.3, -0.25) is 9.59 Å². The Bertz CT molecular complexity index is 433. The van der Waals surface area contributed by atoms with E-state index in [0.29, 0.717) is 26.3 Å². The van der Waals surface area contributed by atoms with Crippen molar-refractivity contribution in [2.75, 3.05) is 38.7 Å². The number of hydrogen-bond donors (Lipinski definition) is 2. The summed E-state index contributed by atoms with van der Waals surface area (Å²) in [5.41, 5.74) is -0.684. The van der Waals surface area contributed by atoms with Crippen LogP contribution in [0.4, 0.5) is 4.79 Å². The molecule has 1 rings (SSSR count). The minimum absolute atomic E-state index is 0.0546. The molecule has 0 spiro atoms. The molecule has 0 unspecified atom stereocenters. The molecule has 0 bridgehead atoms. The lowest BCUT2D eigenvalue weighted by Gasteiger charge is -2.31. The first-order valence-electron chi connectivity index (χ1n) is 7.41. The number of nitrogens with zero attached hydrogens (tertiary/aromatic N) is 1. The van der Waals surface area contributed by atoms with Gasteiger partial charge in [0.15, 0.2) is 0 Å². The van der Waals surface area contributed by atoms with Crippen LogP contribution in [0.15, 0.2) is 0 Å². The van der Waals surface area contributed by atoms with E-state index >= 15 is 0 Å². The van der Waals surface area contributed by atoms with Crippen molar-refractivity contribution < 1.29 is 23.9 Å². The summed E-state index contributed by atoms with van der Waals surface area (Å²) in [7, 11) is 0. The van der Waals surface area contributed by atoms with Gasteiger partial charge in [0.2, 0.25) is 11.8 Å². The Morgan fingerprint density at radius 1 is 1.26 bits per heavy atom. The summed E-state index contributed by atoms with van der Waals surface area (Å²) in [5, 5.41) is 5.00. The maximum absolute atomic E-state index is 12.5. The minimum Gasteiger partial charge on any atom is -0.444 e. The van der Waals surface area contributed by atoms with Gasteiger partial charge in [-0.2, -0.15) is 0 Å². The smallest absolute Gasteiger partial charge is 0.408 e. The van der Waals surface area contributed by atoms with Gasteiger partial charge in [-0.15, -0.1) is 11.6 Å². The van der Waals surface area contributed by atoms with Crippen molar-refractivity contribution in [1.29, 1.82) is 0 Å². The molecular formula is C14H24ClN3O5. The van der Waals surface area contributed by atoms with Gasteiger partial charge in [-0.1, -0.05) is 0 Å². The highest BCUT2D eigenvalue weighted by atomic mass is 35.5. The second kappa shape index (κ2) is 8.93. The molecule has 132 valence electrons. The van der Waals surface area contributed by atoms with E-state index in [1.165, 1.54) is 0 Å². The summed E-state index contributed by atoms with van der Waals surface area (Å²) in [6.07, 6.45) is -0.718. The zero-order valence-electron chi connectivity index (χ0n) is 13.7. The number of amides is 3. The molecule has 1 atom stereocenters. The van der Waals surface area contributed by atoms with Crippen molar-refractivity contribution in [1.82, 2.24) is 15.5 Å². The average molecular weight is 350 g/mol. The number of nitrogens with one attached hydrogen (secondary N) is 2. The monoisotopic (exact) mass is 349 g/mol. The summed E-state index contributed by atoms with van der Waals surface area (Å²) >= 11 is 5.42. The molecule has 23 heavy (non-hydrogen) atoms. The van der Waals surface area contributed by atoms with E-state index < -0.39 is 23.6 Å². The Kier molecular flexibility index (Phi) is 7.57. The van der Waals surface area contributed by atoms with Crippen LogP contribution in [-0.4, -0.2) is 73.2 Å². The summed E-state index contributed by atoms with van der Waals surface area (Å²) in [6, 6.07) is -0.921. The van der Waals surface area contributed by atoms with Crippen LogP contribution < -0.4 is 10.6 Å². The summed E-state index contributed by atoms with van der Waals surface area (Å²) in [5.74, 6) is -0.934. The van der Waals surface area contributed by atoms with Crippen LogP contribution in [0, 0.1) is 0 Å². The van der Waals surface area contributed by atoms with Crippen LogP contribution in [-0.2, 0) is 19.1 Å². The number of carbonyl (C=O) groups is 3. The Morgan fingerprint density at radius 2 is 1.87 bits per heavy atom. The van der Waals surface area contributed by atoms with Gasteiger partial charge in [0.1, 0.15) is 17.5 Å². The SMILES string of the molecule is CC(C)(C)OC(=O)N[C@@H](CNC(=O)CCl)C(=O)N1CCOCC1. The summed E-state index contributed by atoms with van der Waals surface area (Å²) < 4.78 is 10.4. The van der Waals surface area contributed by atoms with Gasteiger partial charge in [0.05, 0.1) is 13.2 Å². The molecule has 0 saturated carbocycles. The normalized spacial score (nSPS) is 16.4. The fraction of sp³-hybridized carbons (Fsp3) is 0.786. The molecule has 0 aromatic heterocycles. The van der Waals surface area contributed by atoms with Crippen LogP contribution >= 0.6 is 11.6 Å². The van der Waals surface area contributed by atoms with Gasteiger partial charge in [0.25, 0.3) is 0 Å². The zero-order valence-corrected chi connectivity index (χ0v) is 14.4. The molecule has 1 saturated heterocycles. The fourth-order valence-electron chi connectivity index (χ4n) is 1.92. The fourth-order valence-corrected chi connectivity index (χ4v) is 2.01. The van der Waals surface area contributed by atoms with Crippen molar-refractivity contribution in [2.24, 2.45) is 0 Å². The molecule has 1 aliphatic heterocycles. The quantitative estimate of drug-likeness (QED) is 0.686. The highest BCUT2D eigenvalue weighted by molar-refractivity contribution is 6.27. The predicted octanol–water partition coefficient (Wildman–Crippen LogP) is 0.0935. The maximum atomic E-state index is 12.5. The number of hydrogen-bond acceptors (Lipinski definition) is 5. The molecule has 3 amide bonds. The van der Waals surface area contributed by atoms with Gasteiger partial charge >= 0.3 is 6.09 Å². The van der Waals surface area contributed by atoms with E-state index in [2.05, 4.69) is 10.6 Å². The standard InChI is InChI=1S/C14H24ClN3O5/c1-14(2,3)23-13(21)17-10(9-16-11(19)8-15)12(20)18-4-6-22-7-5-18/h10H,4-9H2,1-3H3,(H,16,19)(H,17,21)/t10-/m0/s1. The maximum Gasteiger partial charge on any atom is 0.408 e. The van der Waals surface area contributed by atoms with E-state index in [1.54, 1.807) is 25.7 Å². The Labute approximate surface area is 140 Å². The highest BCUT2D eigenvalue weighted by Crippen LogP contribution is 2.07. The molecule has 9 heteroatoms. The third kappa shape index (κ3) is 7.51. The van der Waals surface area contributed by atoms with Gasteiger partial charge in [0, 0.05) is 19.6 Å². The van der Waals surface area contributed by atoms with Crippen molar-refractivity contribution in [3.63, 3.8) is 0 Å². The first-order valence-corrected chi connectivity index (χ1v) is 7.95. The predicted molar refractivity (Wildman–Crippen MR) is 84.3 cm³/mol. The van der Waals surface area contributed by atoms with Crippen LogP contribution in [0.3, 0.4) is 0 Å². The Hall–Kier alpha value is -1.54. The summed E-state index contributed by atoms with van der Waals surface area (Å²) in [4.78, 5) is 37.3. The van der Waals surface area contributed by atoms with Crippen molar-refractivity contribution in [2.45, 2.75) is 32.4 Å². The van der Waals surface area contributed by atoms with E-state index in [0.717, 1.165) is 0 Å². The largest absolute Gasteiger partial charge is 0.444 e. The summed E-state index contributed by atoms with van der Waals surface area (Å²) in [6.45, 7) is 6.88. The zero-order chi connectivity index (χ0) is 17.5. The lowest BCUT2D eigenvalue weighted by atomic mass is 10.2. The number of alkyl halides is 1. The molecule has 8 nitrogen and oxygen atoms in total. The van der Waals surface area contributed by atoms with Crippen molar-refractivity contribution >= 4 is 29.5 Å². The lowest BCUT2D eigenvalue weighted by molar-refractivity contribution is -0.137. The molecule has 0 aromatic rings. The van der Waals surface area contributed by atoms with Gasteiger partial charge in [-0.05, 0) is 20.8 Å². The van der Waals surface area contributed by atoms with E-state index in [4.69, 9.17) is 21.1 Å². The number of alkyl carbamates (subject to hydrolysis) is 1. The number of morpholine rings is 1. The lowest BCUT2D eigenvalue weighted by Crippen LogP contribution is -2.56. The van der Waals surface area contributed by atoms with E-state index in [-0.39, 0.29) is 18.3 Å². The molecule has 1 aliphatic rings. The second-order valence-corrected chi connectivity index (χ2v) is 6.34. The first kappa shape index (κ1) is 19.5. The molecule has 0 aliphatic carbocycles. The van der Waals surface area contributed by atoms with Crippen LogP contribution in [0.1, 0.15) is 20.8 Å². The van der Waals surface area contributed by atoms with E-state index in [9.17, 15) is 14.4 Å². The van der Waals surface area contributed by atoms with E-state index in [1.807, 2.05) is 0 Å². The number of carbonyl (C=O) groups excluding carboxylic acids is 3. The second-order valence-electron chi connectivity index (χ2n) is 6.07. The molecular weight excluding hydrogens is 326 g/mol. The molecule has 2 N–H and O–H groups in total.